The third kappa shape index (κ3) is 30.5. The molecule has 9 atom stereocenters. The molecule has 0 spiro atoms. The van der Waals surface area contributed by atoms with Crippen molar-refractivity contribution in [2.24, 2.45) is 35.5 Å². The Kier molecular flexibility index (Phi) is 44.7. The van der Waals surface area contributed by atoms with E-state index in [1.54, 1.807) is 68.1 Å². The van der Waals surface area contributed by atoms with E-state index < -0.39 is 40.4 Å². The van der Waals surface area contributed by atoms with Crippen molar-refractivity contribution in [1.29, 1.82) is 0 Å². The smallest absolute Gasteiger partial charge is 0.356 e. The van der Waals surface area contributed by atoms with Crippen LogP contribution in [0.4, 0.5) is 0 Å². The number of aliphatic hydroxyl groups excluding tert-OH is 1. The molecule has 0 aliphatic carbocycles. The molecule has 21 heteroatoms. The quantitative estimate of drug-likeness (QED) is 0.0265. The number of pyridine rings is 4. The van der Waals surface area contributed by atoms with Gasteiger partial charge in [0.2, 0.25) is 11.7 Å². The Hall–Kier alpha value is -9.74. The summed E-state index contributed by atoms with van der Waals surface area (Å²) >= 11 is 13.9. The third-order valence-electron chi connectivity index (χ3n) is 30.0. The number of esters is 2. The molecule has 0 radical (unpaired) electrons. The van der Waals surface area contributed by atoms with Crippen LogP contribution in [0.3, 0.4) is 0 Å². The van der Waals surface area contributed by atoms with Crippen LogP contribution in [0.25, 0.3) is 0 Å². The molecule has 9 unspecified atom stereocenters. The van der Waals surface area contributed by atoms with Crippen LogP contribution in [0.1, 0.15) is 242 Å². The van der Waals surface area contributed by atoms with Gasteiger partial charge in [0.15, 0.2) is 5.60 Å². The lowest BCUT2D eigenvalue weighted by molar-refractivity contribution is -0.159. The maximum atomic E-state index is 12.6. The average molecular weight is 2690 g/mol. The molecular weight excluding hydrogens is 2540 g/mol. The maximum absolute atomic E-state index is 12.6. The van der Waals surface area contributed by atoms with Gasteiger partial charge in [0.1, 0.15) is 34.3 Å². The highest BCUT2D eigenvalue weighted by atomic mass is 127. The number of aliphatic hydroxyl groups is 2. The van der Waals surface area contributed by atoms with E-state index in [0.29, 0.717) is 69.7 Å². The molecule has 11 aromatic carbocycles. The van der Waals surface area contributed by atoms with E-state index in [1.807, 2.05) is 163 Å². The number of rotatable bonds is 32. The molecular formula is C129H144I6N4O11. The molecule has 0 amide bonds. The van der Waals surface area contributed by atoms with Crippen molar-refractivity contribution in [3.63, 3.8) is 0 Å². The molecule has 4 aromatic heterocycles. The van der Waals surface area contributed by atoms with Crippen molar-refractivity contribution in [3.8, 4) is 28.7 Å². The average Bonchev–Trinajstić information content (AvgIpc) is 0.782. The van der Waals surface area contributed by atoms with Gasteiger partial charge in [-0.05, 0) is 449 Å². The van der Waals surface area contributed by atoms with Gasteiger partial charge in [-0.25, -0.2) is 9.59 Å². The number of phenols is 1. The van der Waals surface area contributed by atoms with Crippen LogP contribution in [0.5, 0.6) is 28.7 Å². The zero-order valence-electron chi connectivity index (χ0n) is 90.6. The number of ether oxygens (including phenoxy) is 6. The number of phenolic OH excluding ortho intramolecular Hbond substituents is 1. The Morgan fingerprint density at radius 1 is 0.287 bits per heavy atom. The number of benzene rings is 11. The minimum atomic E-state index is -1.34. The second kappa shape index (κ2) is 54.9. The Balaban J connectivity index is 0.000000187. The van der Waals surface area contributed by atoms with E-state index in [-0.39, 0.29) is 39.6 Å². The van der Waals surface area contributed by atoms with Crippen molar-refractivity contribution < 1.29 is 53.3 Å². The molecule has 788 valence electrons. The summed E-state index contributed by atoms with van der Waals surface area (Å²) in [5.41, 5.74) is 12.3. The maximum Gasteiger partial charge on any atom is 0.356 e. The van der Waals surface area contributed by atoms with E-state index in [1.165, 1.54) is 91.3 Å². The largest absolute Gasteiger partial charge is 0.508 e. The molecule has 0 saturated heterocycles. The summed E-state index contributed by atoms with van der Waals surface area (Å²) in [5, 5.41) is 29.6. The first-order valence-corrected chi connectivity index (χ1v) is 57.1. The van der Waals surface area contributed by atoms with Crippen LogP contribution in [-0.4, -0.2) is 68.0 Å². The lowest BCUT2D eigenvalue weighted by atomic mass is 9.68. The van der Waals surface area contributed by atoms with Gasteiger partial charge in [-0.3, -0.25) is 19.9 Å². The SMILES string of the molecule is CC(C)C(C)(O)c1ccc(I)cc1.CC(C)C(C)(c1ccc(I)cc1)c1ccc(OC(C)(C)c2ccccn2)cc1.CC(C)C(C)(c1ccc(I)cc1)c1ccc(OC(C)(CO)c2ccccn2)cc1.CC(C)C(C)(c1ccc(O)cc1)c1ccc(I)cc1.COC(=O)C(C)(Oc1ccc(C(C)(c2ccc(I)cc2)C(C)C)cc1)c1ccccn1.COC(=O)C(Oc1ccc(C(C)(c2ccc(I)cc2)C(C)C)cc1)c1ccccn1. The van der Waals surface area contributed by atoms with Crippen LogP contribution in [0, 0.1) is 56.9 Å². The van der Waals surface area contributed by atoms with Crippen molar-refractivity contribution in [1.82, 2.24) is 19.9 Å². The van der Waals surface area contributed by atoms with Crippen LogP contribution in [0.2, 0.25) is 0 Å². The molecule has 15 rings (SSSR count). The van der Waals surface area contributed by atoms with Crippen LogP contribution >= 0.6 is 136 Å². The predicted octanol–water partition coefficient (Wildman–Crippen LogP) is 33.1. The number of carbonyl (C=O) groups excluding carboxylic acids is 2. The van der Waals surface area contributed by atoms with Gasteiger partial charge < -0.3 is 43.7 Å². The highest BCUT2D eigenvalue weighted by Crippen LogP contribution is 2.47. The lowest BCUT2D eigenvalue weighted by Crippen LogP contribution is -2.40. The molecule has 3 N–H and O–H groups in total. The minimum absolute atomic E-state index is 0.0436. The van der Waals surface area contributed by atoms with Gasteiger partial charge in [0.25, 0.3) is 0 Å². The first kappa shape index (κ1) is 122. The molecule has 4 heterocycles. The zero-order chi connectivity index (χ0) is 110. The monoisotopic (exact) mass is 2690 g/mol. The third-order valence-corrected chi connectivity index (χ3v) is 34.3. The molecule has 0 bridgehead atoms. The van der Waals surface area contributed by atoms with Crippen LogP contribution in [-0.2, 0) is 68.5 Å². The Morgan fingerprint density at radius 3 is 0.800 bits per heavy atom. The van der Waals surface area contributed by atoms with Gasteiger partial charge in [0, 0.05) is 73.3 Å². The van der Waals surface area contributed by atoms with Gasteiger partial charge in [0.05, 0.1) is 49.2 Å². The summed E-state index contributed by atoms with van der Waals surface area (Å²) < 4.78 is 41.9. The number of halogens is 6. The molecule has 0 saturated carbocycles. The summed E-state index contributed by atoms with van der Waals surface area (Å²) in [6.45, 7) is 47.3. The number of aromatic nitrogens is 4. The molecule has 15 nitrogen and oxygen atoms in total. The van der Waals surface area contributed by atoms with E-state index in [0.717, 1.165) is 17.0 Å². The molecule has 0 aliphatic heterocycles. The number of nitrogens with zero attached hydrogens (tertiary/aromatic N) is 4. The number of hydrogen-bond donors (Lipinski definition) is 3. The molecule has 15 aromatic rings. The van der Waals surface area contributed by atoms with Crippen LogP contribution < -0.4 is 18.9 Å². The Labute approximate surface area is 973 Å². The molecule has 0 aliphatic rings. The summed E-state index contributed by atoms with van der Waals surface area (Å²) in [6.07, 6.45) is 5.88. The fourth-order valence-corrected chi connectivity index (χ4v) is 20.2. The first-order valence-electron chi connectivity index (χ1n) is 50.7. The normalized spacial score (nSPS) is 14.7. The van der Waals surface area contributed by atoms with Crippen molar-refractivity contribution in [2.75, 3.05) is 20.8 Å². The topological polar surface area (TPSA) is 202 Å². The number of carbonyl (C=O) groups is 2. The highest BCUT2D eigenvalue weighted by Gasteiger charge is 2.43. The second-order valence-corrected chi connectivity index (χ2v) is 48.9. The van der Waals surface area contributed by atoms with Crippen molar-refractivity contribution in [3.05, 3.63) is 470 Å². The lowest BCUT2D eigenvalue weighted by Gasteiger charge is -2.35. The van der Waals surface area contributed by atoms with Gasteiger partial charge in [-0.1, -0.05) is 275 Å². The van der Waals surface area contributed by atoms with E-state index >= 15 is 0 Å². The molecule has 0 fully saturated rings. The number of aromatic hydroxyl groups is 1. The fraction of sp³-hybridized carbons (Fsp3) is 0.318. The van der Waals surface area contributed by atoms with Crippen molar-refractivity contribution >= 4 is 147 Å². The Bertz CT molecular complexity index is 6640. The van der Waals surface area contributed by atoms with E-state index in [9.17, 15) is 24.9 Å². The minimum Gasteiger partial charge on any atom is -0.508 e. The molecule has 150 heavy (non-hydrogen) atoms. The summed E-state index contributed by atoms with van der Waals surface area (Å²) in [6, 6.07) is 114. The first-order chi connectivity index (χ1) is 71.0. The van der Waals surface area contributed by atoms with Gasteiger partial charge in [-0.2, -0.15) is 0 Å². The number of hydrogen-bond acceptors (Lipinski definition) is 15. The highest BCUT2D eigenvalue weighted by molar-refractivity contribution is 14.1. The second-order valence-electron chi connectivity index (χ2n) is 41.4. The number of methoxy groups -OCH3 is 2. The van der Waals surface area contributed by atoms with Gasteiger partial charge >= 0.3 is 11.9 Å². The standard InChI is InChI=1S/C26H28INO3.C25H26INO3.C25H28INO2.C25H28INO.C17H19IO.C11H15IO/c1-18(2)25(3,19-9-13-21(27)14-10-19)20-11-15-22(16-12-20)31-26(4,24(29)30-5)23-8-6-7-17-28-23;1-17(2)25(3,18-8-12-20(26)13-9-18)19-10-14-21(15-11-19)30-23(24(28)29-4)22-7-5-6-16-27-22;1-18(2)25(4,19-8-12-21(26)13-9-19)20-10-14-22(15-11-20)29-24(3,17-28)23-7-5-6-16-27-23;1-18(2)25(5,19-9-13-21(26)14-10-19)20-11-15-22(16-12-20)28-24(3,4)23-8-6-7-17-27-23;1-12(2)17(3,13-4-8-15(18)9-5-13)14-6-10-16(19)11-7-14;1-8(2)11(3,13)9-4-6-10(12)7-5-9/h6-18H,1-5H3;5-17,23H,1-4H3;5-16,18,28H,17H2,1-4H3;6-18H,1-5H3;4-12,19H,1-3H3;4-8,13H,1-3H3. The Morgan fingerprint density at radius 2 is 0.540 bits per heavy atom. The fourth-order valence-electron chi connectivity index (χ4n) is 18.0. The predicted molar refractivity (Wildman–Crippen MR) is 661 cm³/mol. The van der Waals surface area contributed by atoms with E-state index in [2.05, 4.69) is 441 Å². The summed E-state index contributed by atoms with van der Waals surface area (Å²) in [4.78, 5) is 42.2. The van der Waals surface area contributed by atoms with Gasteiger partial charge in [-0.15, -0.1) is 0 Å². The van der Waals surface area contributed by atoms with Crippen molar-refractivity contribution in [2.45, 2.75) is 208 Å². The van der Waals surface area contributed by atoms with E-state index in [4.69, 9.17) is 28.4 Å². The zero-order valence-corrected chi connectivity index (χ0v) is 103. The summed E-state index contributed by atoms with van der Waals surface area (Å²) in [5.74, 6) is 4.43. The van der Waals surface area contributed by atoms with Crippen LogP contribution in [0.15, 0.2) is 365 Å². The summed E-state index contributed by atoms with van der Waals surface area (Å²) in [7, 11) is 2.70.